The number of amides is 1. The van der Waals surface area contributed by atoms with Crippen molar-refractivity contribution in [3.8, 4) is 5.75 Å². The molecule has 0 saturated heterocycles. The Kier molecular flexibility index (Phi) is 7.04. The van der Waals surface area contributed by atoms with Gasteiger partial charge >= 0.3 is 0 Å². The number of thiazole rings is 1. The fraction of sp³-hybridized carbons (Fsp3) is 0.333. The monoisotopic (exact) mass is 408 g/mol. The Morgan fingerprint density at radius 1 is 1.10 bits per heavy atom. The van der Waals surface area contributed by atoms with Crippen LogP contribution in [0.5, 0.6) is 5.75 Å². The zero-order valence-corrected chi connectivity index (χ0v) is 18.3. The molecule has 1 aromatic heterocycles. The van der Waals surface area contributed by atoms with Gasteiger partial charge < -0.3 is 9.64 Å². The Bertz CT molecular complexity index is 965. The Labute approximate surface area is 177 Å². The van der Waals surface area contributed by atoms with Crippen molar-refractivity contribution in [2.24, 2.45) is 5.92 Å². The molecule has 0 fully saturated rings. The van der Waals surface area contributed by atoms with Crippen molar-refractivity contribution in [3.05, 3.63) is 81.3 Å². The van der Waals surface area contributed by atoms with Gasteiger partial charge in [0.15, 0.2) is 0 Å². The van der Waals surface area contributed by atoms with Crippen LogP contribution in [-0.4, -0.2) is 22.3 Å². The van der Waals surface area contributed by atoms with Gasteiger partial charge in [0.1, 0.15) is 17.4 Å². The molecule has 2 aromatic carbocycles. The molecule has 0 bridgehead atoms. The largest absolute Gasteiger partial charge is 0.486 e. The Hall–Kier alpha value is -2.66. The number of aryl methyl sites for hydroxylation is 2. The summed E-state index contributed by atoms with van der Waals surface area (Å²) in [5, 5.41) is 2.93. The zero-order chi connectivity index (χ0) is 20.8. The second-order valence-electron chi connectivity index (χ2n) is 7.79. The molecule has 0 radical (unpaired) electrons. The summed E-state index contributed by atoms with van der Waals surface area (Å²) >= 11 is 1.57. The van der Waals surface area contributed by atoms with Gasteiger partial charge in [-0.2, -0.15) is 0 Å². The average molecular weight is 409 g/mol. The average Bonchev–Trinajstić information content (AvgIpc) is 3.12. The highest BCUT2D eigenvalue weighted by atomic mass is 32.1. The molecule has 3 aromatic rings. The molecule has 0 aliphatic carbocycles. The number of benzene rings is 2. The van der Waals surface area contributed by atoms with E-state index in [1.54, 1.807) is 11.3 Å². The summed E-state index contributed by atoms with van der Waals surface area (Å²) in [6.45, 7) is 9.93. The third-order valence-corrected chi connectivity index (χ3v) is 5.31. The maximum Gasteiger partial charge on any atom is 0.254 e. The SMILES string of the molecule is Cc1cccc(OCc2nc(CN(CC(C)C)C(=O)c3cccc(C)c3)cs2)c1. The third kappa shape index (κ3) is 6.16. The van der Waals surface area contributed by atoms with E-state index in [0.717, 1.165) is 27.6 Å². The Morgan fingerprint density at radius 2 is 1.83 bits per heavy atom. The summed E-state index contributed by atoms with van der Waals surface area (Å²) in [4.78, 5) is 19.6. The smallest absolute Gasteiger partial charge is 0.254 e. The normalized spacial score (nSPS) is 10.9. The molecule has 1 heterocycles. The van der Waals surface area contributed by atoms with Gasteiger partial charge in [-0.15, -0.1) is 11.3 Å². The van der Waals surface area contributed by atoms with Crippen LogP contribution in [0, 0.1) is 19.8 Å². The topological polar surface area (TPSA) is 42.4 Å². The molecule has 29 heavy (non-hydrogen) atoms. The molecule has 4 nitrogen and oxygen atoms in total. The van der Waals surface area contributed by atoms with Crippen molar-refractivity contribution in [2.75, 3.05) is 6.54 Å². The van der Waals surface area contributed by atoms with Crippen molar-refractivity contribution in [1.82, 2.24) is 9.88 Å². The highest BCUT2D eigenvalue weighted by molar-refractivity contribution is 7.09. The molecule has 0 aliphatic rings. The molecule has 1 amide bonds. The predicted molar refractivity (Wildman–Crippen MR) is 118 cm³/mol. The quantitative estimate of drug-likeness (QED) is 0.484. The van der Waals surface area contributed by atoms with Gasteiger partial charge in [-0.3, -0.25) is 4.79 Å². The first-order valence-electron chi connectivity index (χ1n) is 9.89. The lowest BCUT2D eigenvalue weighted by Crippen LogP contribution is -2.34. The van der Waals surface area contributed by atoms with Gasteiger partial charge in [0, 0.05) is 17.5 Å². The lowest BCUT2D eigenvalue weighted by atomic mass is 10.1. The second-order valence-corrected chi connectivity index (χ2v) is 8.73. The number of hydrogen-bond donors (Lipinski definition) is 0. The van der Waals surface area contributed by atoms with Gasteiger partial charge in [0.2, 0.25) is 0 Å². The van der Waals surface area contributed by atoms with Crippen molar-refractivity contribution in [1.29, 1.82) is 0 Å². The first kappa shape index (κ1) is 21.1. The third-order valence-electron chi connectivity index (χ3n) is 4.44. The molecule has 5 heteroatoms. The van der Waals surface area contributed by atoms with E-state index in [2.05, 4.69) is 18.8 Å². The highest BCUT2D eigenvalue weighted by Crippen LogP contribution is 2.19. The minimum absolute atomic E-state index is 0.0490. The predicted octanol–water partition coefficient (Wildman–Crippen LogP) is 5.64. The summed E-state index contributed by atoms with van der Waals surface area (Å²) < 4.78 is 5.85. The van der Waals surface area contributed by atoms with E-state index in [4.69, 9.17) is 4.74 Å². The van der Waals surface area contributed by atoms with Gasteiger partial charge in [-0.05, 0) is 49.6 Å². The lowest BCUT2D eigenvalue weighted by Gasteiger charge is -2.24. The minimum Gasteiger partial charge on any atom is -0.486 e. The van der Waals surface area contributed by atoms with Crippen molar-refractivity contribution in [3.63, 3.8) is 0 Å². The molecule has 152 valence electrons. The van der Waals surface area contributed by atoms with Crippen LogP contribution in [0.15, 0.2) is 53.9 Å². The Morgan fingerprint density at radius 3 is 2.52 bits per heavy atom. The molecule has 3 rings (SSSR count). The van der Waals surface area contributed by atoms with Gasteiger partial charge in [-0.1, -0.05) is 43.7 Å². The van der Waals surface area contributed by atoms with Gasteiger partial charge in [0.25, 0.3) is 5.91 Å². The van der Waals surface area contributed by atoms with Gasteiger partial charge in [0.05, 0.1) is 12.2 Å². The van der Waals surface area contributed by atoms with Crippen LogP contribution in [0.4, 0.5) is 0 Å². The molecule has 0 spiro atoms. The molecule has 0 atom stereocenters. The first-order valence-corrected chi connectivity index (χ1v) is 10.8. The standard InChI is InChI=1S/C24H28N2O2S/c1-17(2)13-26(24(27)20-9-5-7-18(3)11-20)14-21-16-29-23(25-21)15-28-22-10-6-8-19(4)12-22/h5-12,16-17H,13-15H2,1-4H3. The van der Waals surface area contributed by atoms with Crippen LogP contribution >= 0.6 is 11.3 Å². The van der Waals surface area contributed by atoms with E-state index in [9.17, 15) is 4.79 Å². The molecular formula is C24H28N2O2S. The number of hydrogen-bond acceptors (Lipinski definition) is 4. The lowest BCUT2D eigenvalue weighted by molar-refractivity contribution is 0.0720. The number of rotatable bonds is 8. The van der Waals surface area contributed by atoms with E-state index >= 15 is 0 Å². The van der Waals surface area contributed by atoms with E-state index in [1.165, 1.54) is 5.56 Å². The van der Waals surface area contributed by atoms with E-state index in [1.807, 2.05) is 72.7 Å². The highest BCUT2D eigenvalue weighted by Gasteiger charge is 2.19. The number of ether oxygens (including phenoxy) is 1. The summed E-state index contributed by atoms with van der Waals surface area (Å²) in [7, 11) is 0. The van der Waals surface area contributed by atoms with Crippen LogP contribution < -0.4 is 4.74 Å². The Balaban J connectivity index is 1.67. The fourth-order valence-electron chi connectivity index (χ4n) is 3.15. The maximum atomic E-state index is 13.1. The summed E-state index contributed by atoms with van der Waals surface area (Å²) in [6.07, 6.45) is 0. The van der Waals surface area contributed by atoms with Crippen molar-refractivity contribution < 1.29 is 9.53 Å². The number of carbonyl (C=O) groups is 1. The zero-order valence-electron chi connectivity index (χ0n) is 17.5. The van der Waals surface area contributed by atoms with E-state index < -0.39 is 0 Å². The first-order chi connectivity index (χ1) is 13.9. The second kappa shape index (κ2) is 9.70. The molecule has 0 saturated carbocycles. The number of carbonyl (C=O) groups excluding carboxylic acids is 1. The fourth-order valence-corrected chi connectivity index (χ4v) is 3.85. The summed E-state index contributed by atoms with van der Waals surface area (Å²) in [6, 6.07) is 15.8. The van der Waals surface area contributed by atoms with E-state index in [0.29, 0.717) is 25.6 Å². The minimum atomic E-state index is 0.0490. The summed E-state index contributed by atoms with van der Waals surface area (Å²) in [5.41, 5.74) is 3.88. The van der Waals surface area contributed by atoms with Gasteiger partial charge in [-0.25, -0.2) is 4.98 Å². The van der Waals surface area contributed by atoms with Crippen molar-refractivity contribution >= 4 is 17.2 Å². The van der Waals surface area contributed by atoms with Crippen LogP contribution in [0.1, 0.15) is 46.0 Å². The molecule has 0 aliphatic heterocycles. The molecule has 0 N–H and O–H groups in total. The number of aromatic nitrogens is 1. The van der Waals surface area contributed by atoms with Crippen LogP contribution in [0.25, 0.3) is 0 Å². The maximum absolute atomic E-state index is 13.1. The van der Waals surface area contributed by atoms with E-state index in [-0.39, 0.29) is 5.91 Å². The summed E-state index contributed by atoms with van der Waals surface area (Å²) in [5.74, 6) is 1.28. The van der Waals surface area contributed by atoms with Crippen LogP contribution in [-0.2, 0) is 13.2 Å². The van der Waals surface area contributed by atoms with Crippen LogP contribution in [0.3, 0.4) is 0 Å². The van der Waals surface area contributed by atoms with Crippen LogP contribution in [0.2, 0.25) is 0 Å². The molecule has 0 unspecified atom stereocenters. The number of nitrogens with zero attached hydrogens (tertiary/aromatic N) is 2. The molecular weight excluding hydrogens is 380 g/mol. The van der Waals surface area contributed by atoms with Crippen molar-refractivity contribution in [2.45, 2.75) is 40.8 Å².